The normalized spacial score (nSPS) is 33.2. The van der Waals surface area contributed by atoms with Gasteiger partial charge in [-0.05, 0) is 19.9 Å². The quantitative estimate of drug-likeness (QED) is 0.569. The SMILES string of the molecule is CNC1COCC1C(=O)NC1CCCNC1=O. The number of carbonyl (C=O) groups is 2. The standard InChI is InChI=1S/C11H19N3O3/c1-12-9-6-17-5-7(9)10(15)14-8-3-2-4-13-11(8)16/h7-9,12H,2-6H2,1H3,(H,13,16)(H,14,15). The molecule has 3 unspecified atom stereocenters. The molecule has 3 N–H and O–H groups in total. The van der Waals surface area contributed by atoms with Crippen LogP contribution < -0.4 is 16.0 Å². The summed E-state index contributed by atoms with van der Waals surface area (Å²) in [5, 5.41) is 8.61. The molecule has 2 fully saturated rings. The second-order valence-corrected chi connectivity index (χ2v) is 4.53. The number of piperidine rings is 1. The minimum Gasteiger partial charge on any atom is -0.379 e. The van der Waals surface area contributed by atoms with E-state index in [0.717, 1.165) is 12.8 Å². The fourth-order valence-corrected chi connectivity index (χ4v) is 2.29. The van der Waals surface area contributed by atoms with Gasteiger partial charge < -0.3 is 20.7 Å². The van der Waals surface area contributed by atoms with Crippen LogP contribution in [0.2, 0.25) is 0 Å². The molecule has 6 nitrogen and oxygen atoms in total. The molecule has 0 radical (unpaired) electrons. The molecule has 2 saturated heterocycles. The van der Waals surface area contributed by atoms with Crippen LogP contribution in [0.1, 0.15) is 12.8 Å². The summed E-state index contributed by atoms with van der Waals surface area (Å²) >= 11 is 0. The Kier molecular flexibility index (Phi) is 3.96. The highest BCUT2D eigenvalue weighted by molar-refractivity contribution is 5.89. The van der Waals surface area contributed by atoms with E-state index in [4.69, 9.17) is 4.74 Å². The predicted octanol–water partition coefficient (Wildman–Crippen LogP) is -1.38. The number of carbonyl (C=O) groups excluding carboxylic acids is 2. The predicted molar refractivity (Wildman–Crippen MR) is 61.3 cm³/mol. The molecular formula is C11H19N3O3. The molecule has 2 rings (SSSR count). The summed E-state index contributed by atoms with van der Waals surface area (Å²) in [6.45, 7) is 1.67. The van der Waals surface area contributed by atoms with Crippen molar-refractivity contribution in [2.24, 2.45) is 5.92 Å². The monoisotopic (exact) mass is 241 g/mol. The first kappa shape index (κ1) is 12.3. The molecule has 6 heteroatoms. The summed E-state index contributed by atoms with van der Waals surface area (Å²) in [4.78, 5) is 23.5. The maximum Gasteiger partial charge on any atom is 0.242 e. The number of hydrogen-bond donors (Lipinski definition) is 3. The Balaban J connectivity index is 1.89. The lowest BCUT2D eigenvalue weighted by Gasteiger charge is -2.25. The van der Waals surface area contributed by atoms with Crippen LogP contribution in [-0.2, 0) is 14.3 Å². The topological polar surface area (TPSA) is 79.5 Å². The lowest BCUT2D eigenvalue weighted by Crippen LogP contribution is -2.53. The van der Waals surface area contributed by atoms with Gasteiger partial charge in [0.05, 0.1) is 19.1 Å². The Labute approximate surface area is 100 Å². The van der Waals surface area contributed by atoms with Crippen LogP contribution in [-0.4, -0.2) is 50.7 Å². The van der Waals surface area contributed by atoms with Crippen molar-refractivity contribution >= 4 is 11.8 Å². The summed E-state index contributed by atoms with van der Waals surface area (Å²) in [5.41, 5.74) is 0. The first-order valence-electron chi connectivity index (χ1n) is 6.05. The zero-order chi connectivity index (χ0) is 12.3. The molecule has 2 heterocycles. The van der Waals surface area contributed by atoms with Crippen LogP contribution in [0.4, 0.5) is 0 Å². The van der Waals surface area contributed by atoms with E-state index in [9.17, 15) is 9.59 Å². The average molecular weight is 241 g/mol. The molecule has 2 aliphatic rings. The van der Waals surface area contributed by atoms with E-state index in [2.05, 4.69) is 16.0 Å². The molecule has 17 heavy (non-hydrogen) atoms. The van der Waals surface area contributed by atoms with Crippen molar-refractivity contribution < 1.29 is 14.3 Å². The van der Waals surface area contributed by atoms with E-state index in [1.165, 1.54) is 0 Å². The van der Waals surface area contributed by atoms with Crippen LogP contribution in [0.3, 0.4) is 0 Å². The molecule has 3 atom stereocenters. The molecule has 96 valence electrons. The van der Waals surface area contributed by atoms with Gasteiger partial charge in [0.1, 0.15) is 6.04 Å². The van der Waals surface area contributed by atoms with E-state index in [1.54, 1.807) is 0 Å². The lowest BCUT2D eigenvalue weighted by atomic mass is 10.0. The Bertz CT molecular complexity index is 308. The van der Waals surface area contributed by atoms with Crippen molar-refractivity contribution in [3.8, 4) is 0 Å². The molecule has 0 aromatic rings. The Hall–Kier alpha value is -1.14. The van der Waals surface area contributed by atoms with E-state index in [1.807, 2.05) is 7.05 Å². The highest BCUT2D eigenvalue weighted by Crippen LogP contribution is 2.14. The largest absolute Gasteiger partial charge is 0.379 e. The third-order valence-electron chi connectivity index (χ3n) is 3.39. The number of amides is 2. The minimum atomic E-state index is -0.380. The van der Waals surface area contributed by atoms with Crippen molar-refractivity contribution in [3.63, 3.8) is 0 Å². The maximum atomic E-state index is 12.0. The zero-order valence-electron chi connectivity index (χ0n) is 9.99. The van der Waals surface area contributed by atoms with Gasteiger partial charge in [0, 0.05) is 12.6 Å². The molecular weight excluding hydrogens is 222 g/mol. The zero-order valence-corrected chi connectivity index (χ0v) is 9.99. The highest BCUT2D eigenvalue weighted by Gasteiger charge is 2.35. The molecule has 0 aliphatic carbocycles. The van der Waals surface area contributed by atoms with Crippen molar-refractivity contribution in [2.75, 3.05) is 26.8 Å². The van der Waals surface area contributed by atoms with Crippen molar-refractivity contribution in [1.82, 2.24) is 16.0 Å². The van der Waals surface area contributed by atoms with Crippen LogP contribution >= 0.6 is 0 Å². The Morgan fingerprint density at radius 2 is 2.29 bits per heavy atom. The van der Waals surface area contributed by atoms with Crippen molar-refractivity contribution in [2.45, 2.75) is 24.9 Å². The number of nitrogens with one attached hydrogen (secondary N) is 3. The molecule has 0 saturated carbocycles. The fraction of sp³-hybridized carbons (Fsp3) is 0.818. The molecule has 0 spiro atoms. The Morgan fingerprint density at radius 3 is 3.00 bits per heavy atom. The van der Waals surface area contributed by atoms with Crippen LogP contribution in [0.25, 0.3) is 0 Å². The third-order valence-corrected chi connectivity index (χ3v) is 3.39. The van der Waals surface area contributed by atoms with E-state index in [0.29, 0.717) is 19.8 Å². The molecule has 0 aromatic carbocycles. The third kappa shape index (κ3) is 2.76. The molecule has 2 amide bonds. The van der Waals surface area contributed by atoms with Crippen LogP contribution in [0.5, 0.6) is 0 Å². The lowest BCUT2D eigenvalue weighted by molar-refractivity contribution is -0.132. The number of rotatable bonds is 3. The smallest absolute Gasteiger partial charge is 0.242 e. The van der Waals surface area contributed by atoms with Gasteiger partial charge in [-0.2, -0.15) is 0 Å². The van der Waals surface area contributed by atoms with Crippen molar-refractivity contribution in [3.05, 3.63) is 0 Å². The summed E-state index contributed by atoms with van der Waals surface area (Å²) < 4.78 is 5.27. The first-order valence-corrected chi connectivity index (χ1v) is 6.05. The van der Waals surface area contributed by atoms with Crippen LogP contribution in [0, 0.1) is 5.92 Å². The van der Waals surface area contributed by atoms with E-state index >= 15 is 0 Å². The van der Waals surface area contributed by atoms with Gasteiger partial charge in [0.15, 0.2) is 0 Å². The maximum absolute atomic E-state index is 12.0. The second kappa shape index (κ2) is 5.46. The first-order chi connectivity index (χ1) is 8.22. The minimum absolute atomic E-state index is 0.0432. The van der Waals surface area contributed by atoms with Gasteiger partial charge >= 0.3 is 0 Å². The number of ether oxygens (including phenoxy) is 1. The number of hydrogen-bond acceptors (Lipinski definition) is 4. The van der Waals surface area contributed by atoms with Gasteiger partial charge in [-0.1, -0.05) is 0 Å². The fourth-order valence-electron chi connectivity index (χ4n) is 2.29. The summed E-state index contributed by atoms with van der Waals surface area (Å²) in [5.74, 6) is -0.372. The van der Waals surface area contributed by atoms with Gasteiger partial charge in [0.25, 0.3) is 0 Å². The van der Waals surface area contributed by atoms with E-state index in [-0.39, 0.29) is 29.8 Å². The summed E-state index contributed by atoms with van der Waals surface area (Å²) in [7, 11) is 1.81. The second-order valence-electron chi connectivity index (χ2n) is 4.53. The van der Waals surface area contributed by atoms with Crippen molar-refractivity contribution in [1.29, 1.82) is 0 Å². The molecule has 0 bridgehead atoms. The van der Waals surface area contributed by atoms with Crippen LogP contribution in [0.15, 0.2) is 0 Å². The number of likely N-dealkylation sites (N-methyl/N-ethyl adjacent to an activating group) is 1. The average Bonchev–Trinajstić information content (AvgIpc) is 2.80. The van der Waals surface area contributed by atoms with Gasteiger partial charge in [-0.3, -0.25) is 9.59 Å². The van der Waals surface area contributed by atoms with Gasteiger partial charge in [0.2, 0.25) is 11.8 Å². The van der Waals surface area contributed by atoms with E-state index < -0.39 is 0 Å². The highest BCUT2D eigenvalue weighted by atomic mass is 16.5. The molecule has 0 aromatic heterocycles. The van der Waals surface area contributed by atoms with Gasteiger partial charge in [-0.15, -0.1) is 0 Å². The molecule has 2 aliphatic heterocycles. The van der Waals surface area contributed by atoms with Gasteiger partial charge in [-0.25, -0.2) is 0 Å². The Morgan fingerprint density at radius 1 is 1.47 bits per heavy atom. The summed E-state index contributed by atoms with van der Waals surface area (Å²) in [6, 6.07) is -0.337. The summed E-state index contributed by atoms with van der Waals surface area (Å²) in [6.07, 6.45) is 1.63.